The molecule has 0 bridgehead atoms. The highest BCUT2D eigenvalue weighted by Gasteiger charge is 2.08. The summed E-state index contributed by atoms with van der Waals surface area (Å²) in [6, 6.07) is 0. The predicted octanol–water partition coefficient (Wildman–Crippen LogP) is 1.14. The molecule has 0 spiro atoms. The van der Waals surface area contributed by atoms with Crippen molar-refractivity contribution in [3.8, 4) is 0 Å². The fourth-order valence-corrected chi connectivity index (χ4v) is 1.79. The Bertz CT molecular complexity index is 391. The Hall–Kier alpha value is -1.47. The maximum Gasteiger partial charge on any atom is 0.309 e. The predicted molar refractivity (Wildman–Crippen MR) is 63.2 cm³/mol. The van der Waals surface area contributed by atoms with Crippen LogP contribution in [0.5, 0.6) is 0 Å². The number of thiazole rings is 1. The molecule has 0 saturated heterocycles. The molecule has 0 aliphatic heterocycles. The number of nitrogens with zero attached hydrogens (tertiary/aromatic N) is 1. The van der Waals surface area contributed by atoms with E-state index in [0.717, 1.165) is 6.42 Å². The van der Waals surface area contributed by atoms with Crippen molar-refractivity contribution in [1.29, 1.82) is 0 Å². The van der Waals surface area contributed by atoms with Gasteiger partial charge in [-0.05, 0) is 6.42 Å². The molecular formula is C10H14N2O4S. The largest absolute Gasteiger partial charge is 0.481 e. The first-order valence-electron chi connectivity index (χ1n) is 5.15. The van der Waals surface area contributed by atoms with Gasteiger partial charge in [-0.1, -0.05) is 6.92 Å². The van der Waals surface area contributed by atoms with E-state index >= 15 is 0 Å². The molecule has 94 valence electrons. The third kappa shape index (κ3) is 5.41. The molecule has 1 aromatic heterocycles. The second kappa shape index (κ2) is 6.97. The number of carbonyl (C=O) groups excluding carboxylic acids is 1. The van der Waals surface area contributed by atoms with Gasteiger partial charge in [-0.3, -0.25) is 14.9 Å². The average Bonchev–Trinajstić information content (AvgIpc) is 2.64. The Morgan fingerprint density at radius 2 is 2.35 bits per heavy atom. The van der Waals surface area contributed by atoms with Gasteiger partial charge in [0.1, 0.15) is 6.61 Å². The summed E-state index contributed by atoms with van der Waals surface area (Å²) >= 11 is 1.20. The fourth-order valence-electron chi connectivity index (χ4n) is 1.07. The molecule has 17 heavy (non-hydrogen) atoms. The highest BCUT2D eigenvalue weighted by atomic mass is 32.1. The van der Waals surface area contributed by atoms with E-state index in [1.807, 2.05) is 6.92 Å². The molecule has 0 aliphatic rings. The molecule has 6 nitrogen and oxygen atoms in total. The monoisotopic (exact) mass is 258 g/mol. The van der Waals surface area contributed by atoms with Crippen molar-refractivity contribution in [2.24, 2.45) is 0 Å². The molecule has 7 heteroatoms. The van der Waals surface area contributed by atoms with E-state index in [9.17, 15) is 9.59 Å². The molecule has 0 aromatic carbocycles. The molecule has 0 saturated carbocycles. The van der Waals surface area contributed by atoms with Gasteiger partial charge in [0.2, 0.25) is 0 Å². The number of carboxylic acid groups (broad SMARTS) is 1. The molecule has 2 N–H and O–H groups in total. The van der Waals surface area contributed by atoms with Gasteiger partial charge < -0.3 is 9.84 Å². The lowest BCUT2D eigenvalue weighted by Crippen LogP contribution is -2.18. The quantitative estimate of drug-likeness (QED) is 0.716. The lowest BCUT2D eigenvalue weighted by Gasteiger charge is -2.01. The molecule has 0 unspecified atom stereocenters. The van der Waals surface area contributed by atoms with Crippen molar-refractivity contribution in [2.75, 3.05) is 18.5 Å². The second-order valence-electron chi connectivity index (χ2n) is 3.32. The van der Waals surface area contributed by atoms with Gasteiger partial charge in [0, 0.05) is 12.0 Å². The normalized spacial score (nSPS) is 10.2. The minimum atomic E-state index is -0.945. The molecule has 0 aliphatic carbocycles. The number of hydrogen-bond acceptors (Lipinski definition) is 5. The summed E-state index contributed by atoms with van der Waals surface area (Å²) in [5.41, 5.74) is 0.437. The smallest absolute Gasteiger partial charge is 0.309 e. The van der Waals surface area contributed by atoms with Crippen LogP contribution in [0.15, 0.2) is 5.38 Å². The van der Waals surface area contributed by atoms with E-state index in [-0.39, 0.29) is 18.9 Å². The van der Waals surface area contributed by atoms with Crippen LogP contribution in [0.1, 0.15) is 19.0 Å². The molecule has 1 rings (SSSR count). The van der Waals surface area contributed by atoms with E-state index in [0.29, 0.717) is 17.4 Å². The SMILES string of the molecule is CCCOCC(=O)Nc1nc(CC(=O)O)cs1. The van der Waals surface area contributed by atoms with E-state index < -0.39 is 5.97 Å². The van der Waals surface area contributed by atoms with Gasteiger partial charge in [-0.15, -0.1) is 11.3 Å². The van der Waals surface area contributed by atoms with Crippen molar-refractivity contribution in [1.82, 2.24) is 4.98 Å². The first kappa shape index (κ1) is 13.6. The van der Waals surface area contributed by atoms with Crippen LogP contribution in [0, 0.1) is 0 Å². The van der Waals surface area contributed by atoms with Gasteiger partial charge in [0.15, 0.2) is 5.13 Å². The zero-order valence-electron chi connectivity index (χ0n) is 9.43. The van der Waals surface area contributed by atoms with Crippen LogP contribution in [0.25, 0.3) is 0 Å². The van der Waals surface area contributed by atoms with Gasteiger partial charge >= 0.3 is 5.97 Å². The maximum absolute atomic E-state index is 11.3. The standard InChI is InChI=1S/C10H14N2O4S/c1-2-3-16-5-8(13)12-10-11-7(6-17-10)4-9(14)15/h6H,2-5H2,1H3,(H,14,15)(H,11,12,13). The summed E-state index contributed by atoms with van der Waals surface area (Å²) < 4.78 is 5.06. The third-order valence-corrected chi connectivity index (χ3v) is 2.52. The number of aliphatic carboxylic acids is 1. The topological polar surface area (TPSA) is 88.5 Å². The van der Waals surface area contributed by atoms with Crippen LogP contribution < -0.4 is 5.32 Å². The van der Waals surface area contributed by atoms with Crippen LogP contribution in [0.3, 0.4) is 0 Å². The number of nitrogens with one attached hydrogen (secondary N) is 1. The van der Waals surface area contributed by atoms with Crippen molar-refractivity contribution in [3.63, 3.8) is 0 Å². The third-order valence-electron chi connectivity index (χ3n) is 1.71. The zero-order chi connectivity index (χ0) is 12.7. The van der Waals surface area contributed by atoms with Gasteiger partial charge in [-0.2, -0.15) is 0 Å². The van der Waals surface area contributed by atoms with Crippen LogP contribution in [-0.4, -0.2) is 35.2 Å². The first-order valence-corrected chi connectivity index (χ1v) is 6.03. The Morgan fingerprint density at radius 1 is 1.59 bits per heavy atom. The number of ether oxygens (including phenoxy) is 1. The molecule has 0 fully saturated rings. The van der Waals surface area contributed by atoms with Gasteiger partial charge in [0.05, 0.1) is 12.1 Å². The number of rotatable bonds is 7. The molecule has 1 heterocycles. The summed E-state index contributed by atoms with van der Waals surface area (Å²) in [7, 11) is 0. The van der Waals surface area contributed by atoms with Crippen LogP contribution in [-0.2, 0) is 20.7 Å². The summed E-state index contributed by atoms with van der Waals surface area (Å²) in [6.07, 6.45) is 0.714. The van der Waals surface area contributed by atoms with Crippen LogP contribution in [0.4, 0.5) is 5.13 Å². The number of anilines is 1. The summed E-state index contributed by atoms with van der Waals surface area (Å²) in [5.74, 6) is -1.23. The van der Waals surface area contributed by atoms with Crippen molar-refractivity contribution in [2.45, 2.75) is 19.8 Å². The van der Waals surface area contributed by atoms with Crippen molar-refractivity contribution < 1.29 is 19.4 Å². The van der Waals surface area contributed by atoms with Gasteiger partial charge in [-0.25, -0.2) is 4.98 Å². The molecular weight excluding hydrogens is 244 g/mol. The van der Waals surface area contributed by atoms with Gasteiger partial charge in [0.25, 0.3) is 5.91 Å². The fraction of sp³-hybridized carbons (Fsp3) is 0.500. The van der Waals surface area contributed by atoms with Crippen molar-refractivity contribution in [3.05, 3.63) is 11.1 Å². The highest BCUT2D eigenvalue weighted by Crippen LogP contribution is 2.15. The van der Waals surface area contributed by atoms with Crippen LogP contribution in [0.2, 0.25) is 0 Å². The number of hydrogen-bond donors (Lipinski definition) is 2. The summed E-state index contributed by atoms with van der Waals surface area (Å²) in [6.45, 7) is 2.48. The average molecular weight is 258 g/mol. The number of aromatic nitrogens is 1. The Labute approximate surface area is 103 Å². The highest BCUT2D eigenvalue weighted by molar-refractivity contribution is 7.13. The Morgan fingerprint density at radius 3 is 3.00 bits per heavy atom. The molecule has 0 atom stereocenters. The molecule has 1 amide bonds. The molecule has 1 aromatic rings. The Balaban J connectivity index is 2.38. The number of amides is 1. The van der Waals surface area contributed by atoms with Crippen LogP contribution >= 0.6 is 11.3 Å². The number of carbonyl (C=O) groups is 2. The van der Waals surface area contributed by atoms with E-state index in [1.165, 1.54) is 11.3 Å². The molecule has 0 radical (unpaired) electrons. The van der Waals surface area contributed by atoms with Crippen molar-refractivity contribution >= 4 is 28.3 Å². The summed E-state index contributed by atoms with van der Waals surface area (Å²) in [5, 5.41) is 13.1. The van der Waals surface area contributed by atoms with E-state index in [2.05, 4.69) is 10.3 Å². The summed E-state index contributed by atoms with van der Waals surface area (Å²) in [4.78, 5) is 25.7. The van der Waals surface area contributed by atoms with E-state index in [1.54, 1.807) is 5.38 Å². The minimum Gasteiger partial charge on any atom is -0.481 e. The maximum atomic E-state index is 11.3. The van der Waals surface area contributed by atoms with E-state index in [4.69, 9.17) is 9.84 Å². The zero-order valence-corrected chi connectivity index (χ0v) is 10.2. The first-order chi connectivity index (χ1) is 8.11. The lowest BCUT2D eigenvalue weighted by molar-refractivity contribution is -0.136. The Kier molecular flexibility index (Phi) is 5.58. The number of carboxylic acids is 1. The second-order valence-corrected chi connectivity index (χ2v) is 4.17. The minimum absolute atomic E-state index is 0.0122. The lowest BCUT2D eigenvalue weighted by atomic mass is 10.3.